The zero-order valence-corrected chi connectivity index (χ0v) is 19.8. The van der Waals surface area contributed by atoms with Crippen molar-refractivity contribution in [2.75, 3.05) is 7.11 Å². The number of carbonyl (C=O) groups excluding carboxylic acids is 2. The van der Waals surface area contributed by atoms with E-state index >= 15 is 0 Å². The number of unbranched alkanes of at least 4 members (excludes halogenated alkanes) is 7. The van der Waals surface area contributed by atoms with E-state index in [1.165, 1.54) is 51.3 Å². The molecular weight excluding hydrogens is 452 g/mol. The molecule has 0 aliphatic heterocycles. The van der Waals surface area contributed by atoms with Crippen molar-refractivity contribution in [1.82, 2.24) is 0 Å². The minimum atomic E-state index is -1.24. The van der Waals surface area contributed by atoms with Crippen LogP contribution in [0.15, 0.2) is 16.6 Å². The molecule has 0 amide bonds. The number of carboxylic acids is 1. The van der Waals surface area contributed by atoms with E-state index in [1.54, 1.807) is 0 Å². The smallest absolute Gasteiger partial charge is 0.349 e. The Morgan fingerprint density at radius 2 is 1.53 bits per heavy atom. The van der Waals surface area contributed by atoms with E-state index in [2.05, 4.69) is 22.9 Å². The molecule has 1 aromatic rings. The van der Waals surface area contributed by atoms with Crippen molar-refractivity contribution in [1.29, 1.82) is 0 Å². The number of ether oxygens (including phenoxy) is 2. The second-order valence-corrected chi connectivity index (χ2v) is 8.33. The Hall–Kier alpha value is -1.89. The summed E-state index contributed by atoms with van der Waals surface area (Å²) < 4.78 is 10.5. The average molecular weight is 485 g/mol. The van der Waals surface area contributed by atoms with Crippen molar-refractivity contribution < 1.29 is 29.0 Å². The van der Waals surface area contributed by atoms with Crippen LogP contribution in [0.4, 0.5) is 0 Å². The summed E-state index contributed by atoms with van der Waals surface area (Å²) in [6.45, 7) is 4.09. The first-order valence-electron chi connectivity index (χ1n) is 10.7. The Balaban J connectivity index is 2.63. The molecule has 6 nitrogen and oxygen atoms in total. The number of methoxy groups -OCH3 is 1. The third-order valence-corrected chi connectivity index (χ3v) is 5.59. The van der Waals surface area contributed by atoms with E-state index < -0.39 is 17.9 Å². The van der Waals surface area contributed by atoms with Crippen LogP contribution in [0.2, 0.25) is 0 Å². The highest BCUT2D eigenvalue weighted by Crippen LogP contribution is 2.30. The quantitative estimate of drug-likeness (QED) is 0.186. The minimum absolute atomic E-state index is 0.0976. The molecule has 168 valence electrons. The highest BCUT2D eigenvalue weighted by Gasteiger charge is 2.26. The van der Waals surface area contributed by atoms with Gasteiger partial charge in [-0.2, -0.15) is 0 Å². The van der Waals surface area contributed by atoms with Gasteiger partial charge in [0.1, 0.15) is 16.9 Å². The molecule has 1 rings (SSSR count). The first-order chi connectivity index (χ1) is 14.3. The molecule has 0 saturated carbocycles. The van der Waals surface area contributed by atoms with Crippen molar-refractivity contribution in [2.45, 2.75) is 78.1 Å². The number of halogens is 1. The van der Waals surface area contributed by atoms with Crippen LogP contribution in [0.3, 0.4) is 0 Å². The van der Waals surface area contributed by atoms with Gasteiger partial charge in [0, 0.05) is 4.47 Å². The Labute approximate surface area is 187 Å². The van der Waals surface area contributed by atoms with Gasteiger partial charge in [-0.3, -0.25) is 4.79 Å². The van der Waals surface area contributed by atoms with E-state index in [1.807, 2.05) is 6.92 Å². The molecule has 7 heteroatoms. The van der Waals surface area contributed by atoms with Gasteiger partial charge in [-0.25, -0.2) is 9.59 Å². The van der Waals surface area contributed by atoms with Gasteiger partial charge in [0.15, 0.2) is 0 Å². The maximum Gasteiger partial charge on any atom is 0.349 e. The third kappa shape index (κ3) is 8.46. The second-order valence-electron chi connectivity index (χ2n) is 7.42. The summed E-state index contributed by atoms with van der Waals surface area (Å²) in [7, 11) is 1.27. The van der Waals surface area contributed by atoms with Crippen LogP contribution in [-0.2, 0) is 9.53 Å². The van der Waals surface area contributed by atoms with E-state index in [9.17, 15) is 19.5 Å². The summed E-state index contributed by atoms with van der Waals surface area (Å²) in [6, 6.07) is 2.72. The van der Waals surface area contributed by atoms with Gasteiger partial charge < -0.3 is 14.6 Å². The summed E-state index contributed by atoms with van der Waals surface area (Å²) in [5, 5.41) is 9.32. The summed E-state index contributed by atoms with van der Waals surface area (Å²) >= 11 is 3.18. The number of hydrogen-bond donors (Lipinski definition) is 1. The van der Waals surface area contributed by atoms with Gasteiger partial charge in [-0.1, -0.05) is 81.1 Å². The molecular formula is C23H33BrO6. The molecule has 1 aromatic carbocycles. The first kappa shape index (κ1) is 26.1. The number of esters is 2. The fourth-order valence-electron chi connectivity index (χ4n) is 3.37. The van der Waals surface area contributed by atoms with Crippen LogP contribution in [-0.4, -0.2) is 30.1 Å². The normalized spacial score (nSPS) is 11.7. The zero-order chi connectivity index (χ0) is 22.5. The van der Waals surface area contributed by atoms with Crippen molar-refractivity contribution >= 4 is 33.8 Å². The Kier molecular flexibility index (Phi) is 12.4. The minimum Gasteiger partial charge on any atom is -0.495 e. The van der Waals surface area contributed by atoms with E-state index in [4.69, 9.17) is 9.47 Å². The molecule has 1 unspecified atom stereocenters. The third-order valence-electron chi connectivity index (χ3n) is 5.13. The molecule has 0 aliphatic rings. The lowest BCUT2D eigenvalue weighted by atomic mass is 9.98. The Morgan fingerprint density at radius 1 is 0.967 bits per heavy atom. The number of carboxylic acid groups (broad SMARTS) is 1. The summed E-state index contributed by atoms with van der Waals surface area (Å²) in [5.74, 6) is -3.21. The van der Waals surface area contributed by atoms with Crippen molar-refractivity contribution in [3.8, 4) is 5.75 Å². The number of rotatable bonds is 14. The zero-order valence-electron chi connectivity index (χ0n) is 18.2. The SMILES string of the molecule is CCCCCCCCCCC(CC)C(=O)OC(=O)c1cc(Br)cc(C(=O)O)c1OC. The standard InChI is InChI=1S/C23H33BrO6/c1-4-6-7-8-9-10-11-12-13-16(5-2)22(27)30-23(28)19-15-17(24)14-18(21(25)26)20(19)29-3/h14-16H,4-13H2,1-3H3,(H,25,26). The van der Waals surface area contributed by atoms with Crippen LogP contribution >= 0.6 is 15.9 Å². The number of carbonyl (C=O) groups is 3. The largest absolute Gasteiger partial charge is 0.495 e. The Morgan fingerprint density at radius 3 is 2.07 bits per heavy atom. The lowest BCUT2D eigenvalue weighted by Gasteiger charge is -2.15. The predicted octanol–water partition coefficient (Wildman–Crippen LogP) is 6.40. The van der Waals surface area contributed by atoms with E-state index in [-0.39, 0.29) is 22.8 Å². The van der Waals surface area contributed by atoms with Crippen LogP contribution in [0.5, 0.6) is 5.75 Å². The van der Waals surface area contributed by atoms with Gasteiger partial charge in [-0.05, 0) is 25.0 Å². The maximum atomic E-state index is 12.5. The lowest BCUT2D eigenvalue weighted by Crippen LogP contribution is -2.22. The number of aromatic carboxylic acids is 1. The van der Waals surface area contributed by atoms with Gasteiger partial charge in [0.05, 0.1) is 13.0 Å². The van der Waals surface area contributed by atoms with Crippen LogP contribution < -0.4 is 4.74 Å². The van der Waals surface area contributed by atoms with E-state index in [0.29, 0.717) is 17.3 Å². The molecule has 0 bridgehead atoms. The molecule has 1 atom stereocenters. The monoisotopic (exact) mass is 484 g/mol. The van der Waals surface area contributed by atoms with Gasteiger partial charge in [0.25, 0.3) is 0 Å². The summed E-state index contributed by atoms with van der Waals surface area (Å²) in [6.07, 6.45) is 10.7. The first-order valence-corrected chi connectivity index (χ1v) is 11.5. The predicted molar refractivity (Wildman–Crippen MR) is 119 cm³/mol. The molecule has 0 radical (unpaired) electrons. The molecule has 0 saturated heterocycles. The summed E-state index contributed by atoms with van der Waals surface area (Å²) in [4.78, 5) is 36.4. The molecule has 0 aromatic heterocycles. The Bertz CT molecular complexity index is 716. The fourth-order valence-corrected chi connectivity index (χ4v) is 3.82. The molecule has 0 spiro atoms. The van der Waals surface area contributed by atoms with Crippen molar-refractivity contribution in [2.24, 2.45) is 5.92 Å². The topological polar surface area (TPSA) is 89.9 Å². The molecule has 0 heterocycles. The molecule has 0 aliphatic carbocycles. The highest BCUT2D eigenvalue weighted by molar-refractivity contribution is 9.10. The number of hydrogen-bond acceptors (Lipinski definition) is 5. The van der Waals surface area contributed by atoms with Crippen molar-refractivity contribution in [3.05, 3.63) is 27.7 Å². The van der Waals surface area contributed by atoms with Crippen LogP contribution in [0.1, 0.15) is 98.8 Å². The van der Waals surface area contributed by atoms with Crippen LogP contribution in [0, 0.1) is 5.92 Å². The lowest BCUT2D eigenvalue weighted by molar-refractivity contribution is -0.143. The van der Waals surface area contributed by atoms with Gasteiger partial charge >= 0.3 is 17.9 Å². The highest BCUT2D eigenvalue weighted by atomic mass is 79.9. The fraction of sp³-hybridized carbons (Fsp3) is 0.609. The maximum absolute atomic E-state index is 12.5. The van der Waals surface area contributed by atoms with E-state index in [0.717, 1.165) is 19.3 Å². The molecule has 1 N–H and O–H groups in total. The molecule has 30 heavy (non-hydrogen) atoms. The molecule has 0 fully saturated rings. The van der Waals surface area contributed by atoms with Crippen molar-refractivity contribution in [3.63, 3.8) is 0 Å². The number of benzene rings is 1. The van der Waals surface area contributed by atoms with Crippen LogP contribution in [0.25, 0.3) is 0 Å². The summed E-state index contributed by atoms with van der Waals surface area (Å²) in [5.41, 5.74) is -0.281. The van der Waals surface area contributed by atoms with Gasteiger partial charge in [0.2, 0.25) is 0 Å². The second kappa shape index (κ2) is 14.2. The average Bonchev–Trinajstić information content (AvgIpc) is 2.71. The van der Waals surface area contributed by atoms with Gasteiger partial charge in [-0.15, -0.1) is 0 Å².